The number of amides is 1. The molecule has 114 valence electrons. The molecule has 0 spiro atoms. The van der Waals surface area contributed by atoms with Crippen LogP contribution in [-0.4, -0.2) is 37.8 Å². The number of esters is 1. The van der Waals surface area contributed by atoms with Gasteiger partial charge in [0.1, 0.15) is 11.4 Å². The minimum Gasteiger partial charge on any atom is -0.464 e. The number of rotatable bonds is 5. The normalized spacial score (nSPS) is 15.9. The number of benzene rings is 1. The van der Waals surface area contributed by atoms with Gasteiger partial charge in [-0.1, -0.05) is 13.3 Å². The predicted molar refractivity (Wildman–Crippen MR) is 74.9 cm³/mol. The number of hydrogen-bond acceptors (Lipinski definition) is 6. The number of nitrogens with zero attached hydrogens (tertiary/aromatic N) is 1. The summed E-state index contributed by atoms with van der Waals surface area (Å²) in [5.41, 5.74) is 5.82. The second-order valence-corrected chi connectivity index (χ2v) is 6.48. The first-order valence-corrected chi connectivity index (χ1v) is 7.94. The molecule has 1 aromatic carbocycles. The number of sulfonamides is 1. The van der Waals surface area contributed by atoms with Crippen molar-refractivity contribution < 1.29 is 22.7 Å². The average Bonchev–Trinajstić information content (AvgIpc) is 2.60. The van der Waals surface area contributed by atoms with E-state index in [9.17, 15) is 18.0 Å². The molecule has 0 saturated carbocycles. The number of carbonyl (C=O) groups excluding carboxylic acids is 2. The Morgan fingerprint density at radius 2 is 2.10 bits per heavy atom. The molecule has 7 nitrogen and oxygen atoms in total. The zero-order chi connectivity index (χ0) is 15.6. The molecule has 0 aromatic heterocycles. The summed E-state index contributed by atoms with van der Waals surface area (Å²) in [7, 11) is -4.01. The second-order valence-electron chi connectivity index (χ2n) is 4.65. The van der Waals surface area contributed by atoms with Crippen LogP contribution in [0.1, 0.15) is 30.1 Å². The maximum absolute atomic E-state index is 12.2. The van der Waals surface area contributed by atoms with Gasteiger partial charge >= 0.3 is 5.97 Å². The summed E-state index contributed by atoms with van der Waals surface area (Å²) in [6, 6.07) is 3.95. The fraction of sp³-hybridized carbons (Fsp3) is 0.385. The molecule has 2 N–H and O–H groups in total. The number of nitrogens with two attached hydrogens (primary N) is 1. The van der Waals surface area contributed by atoms with E-state index in [1.807, 2.05) is 6.92 Å². The zero-order valence-corrected chi connectivity index (χ0v) is 12.4. The highest BCUT2D eigenvalue weighted by Crippen LogP contribution is 2.31. The quantitative estimate of drug-likeness (QED) is 0.488. The lowest BCUT2D eigenvalue weighted by Crippen LogP contribution is -2.35. The Kier molecular flexibility index (Phi) is 4.17. The number of carbonyl (C=O) groups is 2. The molecular weight excluding hydrogens is 296 g/mol. The largest absolute Gasteiger partial charge is 0.464 e. The van der Waals surface area contributed by atoms with E-state index in [-0.39, 0.29) is 22.8 Å². The second kappa shape index (κ2) is 5.72. The summed E-state index contributed by atoms with van der Waals surface area (Å²) in [5, 5.41) is 0. The fourth-order valence-electron chi connectivity index (χ4n) is 1.95. The third-order valence-electron chi connectivity index (χ3n) is 3.06. The number of hydrogen-bond donors (Lipinski definition) is 1. The van der Waals surface area contributed by atoms with Crippen LogP contribution in [0, 0.1) is 0 Å². The first kappa shape index (κ1) is 15.3. The smallest absolute Gasteiger partial charge is 0.326 e. The number of unbranched alkanes of at least 4 members (excludes halogenated alkanes) is 1. The van der Waals surface area contributed by atoms with Crippen molar-refractivity contribution in [3.8, 4) is 0 Å². The molecule has 0 fully saturated rings. The van der Waals surface area contributed by atoms with Gasteiger partial charge in [0.05, 0.1) is 12.2 Å². The highest BCUT2D eigenvalue weighted by atomic mass is 32.2. The van der Waals surface area contributed by atoms with Crippen molar-refractivity contribution in [3.63, 3.8) is 0 Å². The van der Waals surface area contributed by atoms with Crippen molar-refractivity contribution in [2.75, 3.05) is 18.9 Å². The van der Waals surface area contributed by atoms with E-state index in [0.717, 1.165) is 6.42 Å². The van der Waals surface area contributed by atoms with E-state index >= 15 is 0 Å². The van der Waals surface area contributed by atoms with E-state index in [1.165, 1.54) is 18.2 Å². The summed E-state index contributed by atoms with van der Waals surface area (Å²) in [4.78, 5) is 23.6. The molecule has 0 unspecified atom stereocenters. The van der Waals surface area contributed by atoms with E-state index < -0.39 is 28.4 Å². The van der Waals surface area contributed by atoms with Gasteiger partial charge in [0.15, 0.2) is 0 Å². The summed E-state index contributed by atoms with van der Waals surface area (Å²) >= 11 is 0. The summed E-state index contributed by atoms with van der Waals surface area (Å²) in [6.45, 7) is 1.51. The van der Waals surface area contributed by atoms with Gasteiger partial charge in [-0.2, -0.15) is 0 Å². The molecule has 0 atom stereocenters. The van der Waals surface area contributed by atoms with Crippen LogP contribution in [0.25, 0.3) is 0 Å². The van der Waals surface area contributed by atoms with E-state index in [2.05, 4.69) is 0 Å². The molecule has 1 aliphatic heterocycles. The van der Waals surface area contributed by atoms with Gasteiger partial charge in [-0.25, -0.2) is 12.7 Å². The topological polar surface area (TPSA) is 107 Å². The lowest BCUT2D eigenvalue weighted by atomic mass is 10.2. The Hall–Kier alpha value is -2.09. The Morgan fingerprint density at radius 3 is 2.76 bits per heavy atom. The van der Waals surface area contributed by atoms with Crippen molar-refractivity contribution in [3.05, 3.63) is 23.8 Å². The molecule has 1 aromatic rings. The Morgan fingerprint density at radius 1 is 1.38 bits per heavy atom. The number of fused-ring (bicyclic) bond motifs is 1. The number of ether oxygens (including phenoxy) is 1. The van der Waals surface area contributed by atoms with Gasteiger partial charge in [0.2, 0.25) is 0 Å². The summed E-state index contributed by atoms with van der Waals surface area (Å²) in [6.07, 6.45) is 1.53. The molecule has 1 amide bonds. The van der Waals surface area contributed by atoms with Crippen molar-refractivity contribution in [2.45, 2.75) is 24.7 Å². The first-order chi connectivity index (χ1) is 9.87. The van der Waals surface area contributed by atoms with Gasteiger partial charge in [-0.05, 0) is 24.6 Å². The van der Waals surface area contributed by atoms with E-state index in [1.54, 1.807) is 0 Å². The molecule has 2 rings (SSSR count). The number of nitrogen functional groups attached to an aromatic ring is 1. The van der Waals surface area contributed by atoms with Crippen LogP contribution in [-0.2, 0) is 19.6 Å². The van der Waals surface area contributed by atoms with Crippen LogP contribution in [0.5, 0.6) is 0 Å². The molecule has 8 heteroatoms. The molecule has 1 aliphatic rings. The lowest BCUT2D eigenvalue weighted by molar-refractivity contribution is -0.143. The van der Waals surface area contributed by atoms with Crippen LogP contribution in [0.4, 0.5) is 5.69 Å². The van der Waals surface area contributed by atoms with E-state index in [4.69, 9.17) is 10.5 Å². The molecule has 1 heterocycles. The summed E-state index contributed by atoms with van der Waals surface area (Å²) < 4.78 is 29.9. The van der Waals surface area contributed by atoms with Crippen LogP contribution < -0.4 is 5.73 Å². The monoisotopic (exact) mass is 312 g/mol. The molecule has 0 bridgehead atoms. The van der Waals surface area contributed by atoms with Gasteiger partial charge in [-0.3, -0.25) is 9.59 Å². The predicted octanol–water partition coefficient (Wildman–Crippen LogP) is 0.757. The van der Waals surface area contributed by atoms with Crippen LogP contribution in [0.3, 0.4) is 0 Å². The van der Waals surface area contributed by atoms with Crippen molar-refractivity contribution >= 4 is 27.6 Å². The molecule has 21 heavy (non-hydrogen) atoms. The average molecular weight is 312 g/mol. The highest BCUT2D eigenvalue weighted by molar-refractivity contribution is 7.90. The van der Waals surface area contributed by atoms with Crippen molar-refractivity contribution in [2.24, 2.45) is 0 Å². The fourth-order valence-corrected chi connectivity index (χ4v) is 3.45. The summed E-state index contributed by atoms with van der Waals surface area (Å²) in [5.74, 6) is -1.51. The third kappa shape index (κ3) is 2.85. The zero-order valence-electron chi connectivity index (χ0n) is 11.5. The van der Waals surface area contributed by atoms with Gasteiger partial charge < -0.3 is 10.5 Å². The molecule has 0 saturated heterocycles. The van der Waals surface area contributed by atoms with Crippen LogP contribution >= 0.6 is 0 Å². The minimum absolute atomic E-state index is 0.0173. The molecule has 0 aliphatic carbocycles. The van der Waals surface area contributed by atoms with Gasteiger partial charge in [-0.15, -0.1) is 0 Å². The van der Waals surface area contributed by atoms with Crippen molar-refractivity contribution in [1.29, 1.82) is 0 Å². The lowest BCUT2D eigenvalue weighted by Gasteiger charge is -2.14. The Labute approximate surface area is 122 Å². The van der Waals surface area contributed by atoms with Crippen LogP contribution in [0.15, 0.2) is 23.1 Å². The highest BCUT2D eigenvalue weighted by Gasteiger charge is 2.42. The molecular formula is C13H16N2O5S. The maximum atomic E-state index is 12.2. The Bertz CT molecular complexity index is 684. The number of anilines is 1. The minimum atomic E-state index is -4.01. The SMILES string of the molecule is CCCCOC(=O)CN1C(=O)c2cc(N)ccc2S1(=O)=O. The van der Waals surface area contributed by atoms with Gasteiger partial charge in [0.25, 0.3) is 15.9 Å². The first-order valence-electron chi connectivity index (χ1n) is 6.50. The standard InChI is InChI=1S/C13H16N2O5S/c1-2-3-6-20-12(16)8-15-13(17)10-7-9(14)4-5-11(10)21(15,18)19/h4-5,7H,2-3,6,8,14H2,1H3. The maximum Gasteiger partial charge on any atom is 0.326 e. The van der Waals surface area contributed by atoms with E-state index in [0.29, 0.717) is 10.7 Å². The van der Waals surface area contributed by atoms with Gasteiger partial charge in [0, 0.05) is 5.69 Å². The van der Waals surface area contributed by atoms with Crippen molar-refractivity contribution in [1.82, 2.24) is 4.31 Å². The van der Waals surface area contributed by atoms with Crippen LogP contribution in [0.2, 0.25) is 0 Å². The third-order valence-corrected chi connectivity index (χ3v) is 4.85. The Balaban J connectivity index is 2.20. The molecule has 0 radical (unpaired) electrons.